The predicted molar refractivity (Wildman–Crippen MR) is 29.0 cm³/mol. The third-order valence-corrected chi connectivity index (χ3v) is 1.10. The quantitative estimate of drug-likeness (QED) is 0.488. The molecule has 56 valence electrons. The van der Waals surface area contributed by atoms with Crippen LogP contribution >= 0.6 is 0 Å². The van der Waals surface area contributed by atoms with E-state index in [2.05, 4.69) is 4.74 Å². The molecular formula is C6H9O2Pt-. The summed E-state index contributed by atoms with van der Waals surface area (Å²) in [5.41, 5.74) is -0.0307. The van der Waals surface area contributed by atoms with Crippen molar-refractivity contribution in [2.75, 3.05) is 6.61 Å². The van der Waals surface area contributed by atoms with Gasteiger partial charge < -0.3 is 4.74 Å². The van der Waals surface area contributed by atoms with E-state index in [-0.39, 0.29) is 32.4 Å². The fraction of sp³-hybridized carbons (Fsp3) is 0.667. The average Bonchev–Trinajstić information content (AvgIpc) is 1.82. The molecule has 0 aromatic carbocycles. The normalized spacial score (nSPS) is 21.8. The Morgan fingerprint density at radius 2 is 2.22 bits per heavy atom. The van der Waals surface area contributed by atoms with Gasteiger partial charge in [-0.2, -0.15) is 0 Å². The summed E-state index contributed by atoms with van der Waals surface area (Å²) in [5, 5.41) is 0. The van der Waals surface area contributed by atoms with Crippen LogP contribution in [0.4, 0.5) is 0 Å². The number of esters is 1. The molecule has 0 aromatic heterocycles. The fourth-order valence-corrected chi connectivity index (χ4v) is 0.660. The van der Waals surface area contributed by atoms with E-state index in [9.17, 15) is 4.79 Å². The van der Waals surface area contributed by atoms with Gasteiger partial charge in [0.2, 0.25) is 0 Å². The summed E-state index contributed by atoms with van der Waals surface area (Å²) in [6.45, 7) is 4.47. The molecule has 1 heterocycles. The molecule has 0 aliphatic carbocycles. The van der Waals surface area contributed by atoms with Crippen LogP contribution in [0.2, 0.25) is 0 Å². The molecule has 0 saturated carbocycles. The van der Waals surface area contributed by atoms with Gasteiger partial charge >= 0.3 is 0 Å². The maximum absolute atomic E-state index is 10.4. The molecule has 0 bridgehead atoms. The van der Waals surface area contributed by atoms with Crippen LogP contribution in [0, 0.1) is 11.8 Å². The van der Waals surface area contributed by atoms with Crippen LogP contribution in [0.3, 0.4) is 0 Å². The smallest absolute Gasteiger partial charge is 0.167 e. The molecule has 1 fully saturated rings. The van der Waals surface area contributed by atoms with Crippen molar-refractivity contribution < 1.29 is 30.6 Å². The Kier molecular flexibility index (Phi) is 2.75. The summed E-state index contributed by atoms with van der Waals surface area (Å²) in [5.74, 6) is -0.185. The molecule has 0 spiro atoms. The van der Waals surface area contributed by atoms with E-state index in [1.807, 2.05) is 13.8 Å². The van der Waals surface area contributed by atoms with E-state index in [0.717, 1.165) is 0 Å². The number of cyclic esters (lactones) is 1. The number of hydrogen-bond acceptors (Lipinski definition) is 2. The van der Waals surface area contributed by atoms with Crippen LogP contribution in [0.15, 0.2) is 0 Å². The molecule has 0 unspecified atom stereocenters. The topological polar surface area (TPSA) is 26.3 Å². The Morgan fingerprint density at radius 3 is 2.33 bits per heavy atom. The monoisotopic (exact) mass is 308 g/mol. The Bertz CT molecular complexity index is 120. The van der Waals surface area contributed by atoms with Gasteiger partial charge in [-0.15, -0.1) is 5.41 Å². The van der Waals surface area contributed by atoms with Crippen LogP contribution < -0.4 is 0 Å². The number of rotatable bonds is 0. The third-order valence-electron chi connectivity index (χ3n) is 1.10. The van der Waals surface area contributed by atoms with Crippen LogP contribution in [-0.4, -0.2) is 12.6 Å². The summed E-state index contributed by atoms with van der Waals surface area (Å²) in [4.78, 5) is 10.4. The number of carbonyl (C=O) groups is 1. The van der Waals surface area contributed by atoms with Gasteiger partial charge in [-0.3, -0.25) is 11.2 Å². The van der Waals surface area contributed by atoms with Crippen molar-refractivity contribution in [3.05, 3.63) is 6.42 Å². The molecule has 1 rings (SSSR count). The van der Waals surface area contributed by atoms with E-state index < -0.39 is 0 Å². The second kappa shape index (κ2) is 2.74. The molecule has 1 aliphatic rings. The summed E-state index contributed by atoms with van der Waals surface area (Å²) >= 11 is 0. The minimum absolute atomic E-state index is 0. The Balaban J connectivity index is 0.000000640. The van der Waals surface area contributed by atoms with Gasteiger partial charge in [0, 0.05) is 21.1 Å². The summed E-state index contributed by atoms with van der Waals surface area (Å²) in [7, 11) is 0. The minimum Gasteiger partial charge on any atom is -0.490 e. The summed E-state index contributed by atoms with van der Waals surface area (Å²) in [6, 6.07) is 0. The van der Waals surface area contributed by atoms with Crippen molar-refractivity contribution in [3.8, 4) is 0 Å². The van der Waals surface area contributed by atoms with Crippen molar-refractivity contribution in [1.82, 2.24) is 0 Å². The molecule has 0 radical (unpaired) electrons. The second-order valence-electron chi connectivity index (χ2n) is 2.74. The zero-order valence-corrected chi connectivity index (χ0v) is 7.69. The van der Waals surface area contributed by atoms with Gasteiger partial charge in [-0.05, 0) is 0 Å². The van der Waals surface area contributed by atoms with E-state index in [4.69, 9.17) is 0 Å². The van der Waals surface area contributed by atoms with Crippen LogP contribution in [-0.2, 0) is 30.6 Å². The Labute approximate surface area is 69.2 Å². The number of ether oxygens (including phenoxy) is 1. The molecule has 0 aromatic rings. The number of hydrogen-bond donors (Lipinski definition) is 0. The fourth-order valence-electron chi connectivity index (χ4n) is 0.660. The van der Waals surface area contributed by atoms with Crippen molar-refractivity contribution in [1.29, 1.82) is 0 Å². The van der Waals surface area contributed by atoms with Crippen molar-refractivity contribution in [2.45, 2.75) is 13.8 Å². The zero-order valence-electron chi connectivity index (χ0n) is 5.42. The average molecular weight is 308 g/mol. The maximum atomic E-state index is 10.4. The molecule has 0 amide bonds. The maximum Gasteiger partial charge on any atom is 0.167 e. The zero-order chi connectivity index (χ0) is 6.20. The molecule has 0 atom stereocenters. The first-order valence-electron chi connectivity index (χ1n) is 2.63. The molecular weight excluding hydrogens is 299 g/mol. The van der Waals surface area contributed by atoms with Crippen molar-refractivity contribution >= 4 is 5.97 Å². The molecule has 9 heavy (non-hydrogen) atoms. The van der Waals surface area contributed by atoms with Gasteiger partial charge in [0.25, 0.3) is 0 Å². The predicted octanol–water partition coefficient (Wildman–Crippen LogP) is 0.771. The SMILES string of the molecule is CC1(C)[CH-]C(=O)OC1.[Pt]. The molecule has 1 aliphatic heterocycles. The van der Waals surface area contributed by atoms with E-state index in [1.165, 1.54) is 0 Å². The van der Waals surface area contributed by atoms with Gasteiger partial charge in [-0.25, -0.2) is 0 Å². The standard InChI is InChI=1S/C6H9O2.Pt/c1-6(2)3-5(7)8-4-6;/h3H,4H2,1-2H3;/q-1;. The first-order chi connectivity index (χ1) is 3.60. The van der Waals surface area contributed by atoms with Crippen molar-refractivity contribution in [2.24, 2.45) is 5.41 Å². The van der Waals surface area contributed by atoms with Crippen LogP contribution in [0.1, 0.15) is 13.8 Å². The number of carbonyl (C=O) groups excluding carboxylic acids is 1. The van der Waals surface area contributed by atoms with E-state index >= 15 is 0 Å². The molecule has 2 nitrogen and oxygen atoms in total. The van der Waals surface area contributed by atoms with Gasteiger partial charge in [0.15, 0.2) is 5.97 Å². The van der Waals surface area contributed by atoms with E-state index in [1.54, 1.807) is 6.42 Å². The van der Waals surface area contributed by atoms with Gasteiger partial charge in [0.05, 0.1) is 6.61 Å². The van der Waals surface area contributed by atoms with Gasteiger partial charge in [-0.1, -0.05) is 13.8 Å². The molecule has 0 N–H and O–H groups in total. The first kappa shape index (κ1) is 9.03. The molecule has 1 saturated heterocycles. The first-order valence-corrected chi connectivity index (χ1v) is 2.63. The molecule has 3 heteroatoms. The summed E-state index contributed by atoms with van der Waals surface area (Å²) < 4.78 is 4.67. The van der Waals surface area contributed by atoms with Crippen LogP contribution in [0.5, 0.6) is 0 Å². The Hall–Kier alpha value is 0.0283. The van der Waals surface area contributed by atoms with E-state index in [0.29, 0.717) is 6.61 Å². The largest absolute Gasteiger partial charge is 0.490 e. The van der Waals surface area contributed by atoms with Crippen molar-refractivity contribution in [3.63, 3.8) is 0 Å². The van der Waals surface area contributed by atoms with Crippen LogP contribution in [0.25, 0.3) is 0 Å². The third kappa shape index (κ3) is 2.40. The second-order valence-corrected chi connectivity index (χ2v) is 2.74. The minimum atomic E-state index is -0.185. The Morgan fingerprint density at radius 1 is 1.67 bits per heavy atom. The van der Waals surface area contributed by atoms with Gasteiger partial charge in [0.1, 0.15) is 0 Å². The summed E-state index contributed by atoms with van der Waals surface area (Å²) in [6.07, 6.45) is 1.60.